The molecule has 0 amide bonds. The average molecular weight is 501 g/mol. The van der Waals surface area contributed by atoms with Crippen LogP contribution >= 0.6 is 0 Å². The molecular formula is C33H44N2O2. The molecule has 4 heteroatoms. The molecular weight excluding hydrogens is 456 g/mol. The zero-order valence-corrected chi connectivity index (χ0v) is 22.8. The summed E-state index contributed by atoms with van der Waals surface area (Å²) >= 11 is 0. The number of nitrogens with two attached hydrogens (primary N) is 1. The van der Waals surface area contributed by atoms with Crippen LogP contribution in [0.3, 0.4) is 0 Å². The zero-order valence-electron chi connectivity index (χ0n) is 22.8. The molecule has 2 aromatic carbocycles. The summed E-state index contributed by atoms with van der Waals surface area (Å²) in [5.41, 5.74) is 11.0. The van der Waals surface area contributed by atoms with Crippen molar-refractivity contribution in [2.45, 2.75) is 96.1 Å². The Balaban J connectivity index is 1.49. The summed E-state index contributed by atoms with van der Waals surface area (Å²) in [7, 11) is 1.72. The molecule has 0 saturated heterocycles. The van der Waals surface area contributed by atoms with Gasteiger partial charge in [0.2, 0.25) is 0 Å². The maximum atomic E-state index is 13.6. The van der Waals surface area contributed by atoms with Gasteiger partial charge in [-0.2, -0.15) is 0 Å². The summed E-state index contributed by atoms with van der Waals surface area (Å²) < 4.78 is 8.13. The van der Waals surface area contributed by atoms with Crippen LogP contribution in [0.5, 0.6) is 5.75 Å². The third-order valence-electron chi connectivity index (χ3n) is 8.93. The summed E-state index contributed by atoms with van der Waals surface area (Å²) in [5, 5.41) is 1.28. The van der Waals surface area contributed by atoms with Crippen LogP contribution in [-0.4, -0.2) is 23.5 Å². The highest BCUT2D eigenvalue weighted by Crippen LogP contribution is 2.39. The maximum absolute atomic E-state index is 13.6. The normalized spacial score (nSPS) is 21.7. The summed E-state index contributed by atoms with van der Waals surface area (Å²) in [4.78, 5) is 13.6. The number of hydrogen-bond donors (Lipinski definition) is 1. The van der Waals surface area contributed by atoms with E-state index in [2.05, 4.69) is 60.2 Å². The van der Waals surface area contributed by atoms with Gasteiger partial charge in [0.25, 0.3) is 0 Å². The number of hydrogen-bond acceptors (Lipinski definition) is 3. The number of benzene rings is 2. The summed E-state index contributed by atoms with van der Waals surface area (Å²) in [6.07, 6.45) is 14.6. The molecule has 3 aromatic rings. The van der Waals surface area contributed by atoms with Crippen molar-refractivity contribution in [3.05, 3.63) is 65.4 Å². The van der Waals surface area contributed by atoms with E-state index in [1.54, 1.807) is 7.11 Å². The lowest BCUT2D eigenvalue weighted by Gasteiger charge is -2.26. The standard InChI is InChI=1S/C33H44N2O2/c1-23-16-26(19-29(17-23)37-2)31(20-28(36)18-24-12-14-27(34)15-13-24)32-22-35(21-25-8-4-3-5-9-25)33-11-7-6-10-30(32)33/h6-7,10-11,16-17,19,22,24-25,27,31H,3-5,8-9,12-15,18,20-21,34H2,1-2H3. The molecule has 2 fully saturated rings. The Morgan fingerprint density at radius 2 is 1.76 bits per heavy atom. The van der Waals surface area contributed by atoms with E-state index in [0.717, 1.165) is 43.9 Å². The van der Waals surface area contributed by atoms with Crippen LogP contribution in [0.1, 0.15) is 93.2 Å². The number of aromatic nitrogens is 1. The molecule has 1 unspecified atom stereocenters. The van der Waals surface area contributed by atoms with Crippen molar-refractivity contribution < 1.29 is 9.53 Å². The van der Waals surface area contributed by atoms with E-state index < -0.39 is 0 Å². The second-order valence-electron chi connectivity index (χ2n) is 11.8. The Morgan fingerprint density at radius 3 is 2.51 bits per heavy atom. The van der Waals surface area contributed by atoms with E-state index in [0.29, 0.717) is 30.6 Å². The Morgan fingerprint density at radius 1 is 1.00 bits per heavy atom. The Labute approximate surface area is 222 Å². The number of carbonyl (C=O) groups is 1. The lowest BCUT2D eigenvalue weighted by atomic mass is 9.80. The first-order chi connectivity index (χ1) is 18.0. The summed E-state index contributed by atoms with van der Waals surface area (Å²) in [6.45, 7) is 3.18. The van der Waals surface area contributed by atoms with Gasteiger partial charge in [-0.25, -0.2) is 0 Å². The van der Waals surface area contributed by atoms with Crippen molar-refractivity contribution in [2.75, 3.05) is 7.11 Å². The number of ether oxygens (including phenoxy) is 1. The minimum Gasteiger partial charge on any atom is -0.497 e. The lowest BCUT2D eigenvalue weighted by molar-refractivity contribution is -0.120. The van der Waals surface area contributed by atoms with Gasteiger partial charge in [-0.3, -0.25) is 4.79 Å². The highest BCUT2D eigenvalue weighted by Gasteiger charge is 2.27. The third kappa shape index (κ3) is 6.29. The van der Waals surface area contributed by atoms with Crippen LogP contribution < -0.4 is 10.5 Å². The Bertz CT molecular complexity index is 1200. The molecule has 198 valence electrons. The molecule has 37 heavy (non-hydrogen) atoms. The molecule has 1 atom stereocenters. The average Bonchev–Trinajstić information content (AvgIpc) is 3.27. The van der Waals surface area contributed by atoms with Crippen LogP contribution in [0, 0.1) is 18.8 Å². The topological polar surface area (TPSA) is 57.2 Å². The monoisotopic (exact) mass is 500 g/mol. The molecule has 2 N–H and O–H groups in total. The Hall–Kier alpha value is -2.59. The third-order valence-corrected chi connectivity index (χ3v) is 8.93. The summed E-state index contributed by atoms with van der Waals surface area (Å²) in [5.74, 6) is 2.47. The number of para-hydroxylation sites is 1. The van der Waals surface area contributed by atoms with Crippen molar-refractivity contribution in [1.82, 2.24) is 4.57 Å². The first-order valence-corrected chi connectivity index (χ1v) is 14.5. The van der Waals surface area contributed by atoms with Crippen LogP contribution in [0.15, 0.2) is 48.7 Å². The maximum Gasteiger partial charge on any atom is 0.134 e. The predicted molar refractivity (Wildman–Crippen MR) is 152 cm³/mol. The number of fused-ring (bicyclic) bond motifs is 1. The Kier molecular flexibility index (Phi) is 8.34. The van der Waals surface area contributed by atoms with Gasteiger partial charge in [0.15, 0.2) is 0 Å². The largest absolute Gasteiger partial charge is 0.497 e. The first kappa shape index (κ1) is 26.0. The fourth-order valence-corrected chi connectivity index (χ4v) is 6.88. The van der Waals surface area contributed by atoms with E-state index in [-0.39, 0.29) is 5.92 Å². The van der Waals surface area contributed by atoms with Crippen LogP contribution in [0.2, 0.25) is 0 Å². The second kappa shape index (κ2) is 11.9. The molecule has 0 radical (unpaired) electrons. The van der Waals surface area contributed by atoms with E-state index >= 15 is 0 Å². The molecule has 0 aliphatic heterocycles. The molecule has 4 nitrogen and oxygen atoms in total. The molecule has 2 saturated carbocycles. The quantitative estimate of drug-likeness (QED) is 0.330. The van der Waals surface area contributed by atoms with Gasteiger partial charge in [0.1, 0.15) is 11.5 Å². The molecule has 1 heterocycles. The lowest BCUT2D eigenvalue weighted by Crippen LogP contribution is -2.27. The van der Waals surface area contributed by atoms with Crippen molar-refractivity contribution in [2.24, 2.45) is 17.6 Å². The number of Topliss-reactive ketones (excluding diaryl/α,β-unsaturated/α-hetero) is 1. The number of carbonyl (C=O) groups excluding carboxylic acids is 1. The van der Waals surface area contributed by atoms with Crippen molar-refractivity contribution >= 4 is 16.7 Å². The number of rotatable bonds is 9. The van der Waals surface area contributed by atoms with Crippen LogP contribution in [0.25, 0.3) is 10.9 Å². The second-order valence-corrected chi connectivity index (χ2v) is 11.8. The van der Waals surface area contributed by atoms with E-state index in [9.17, 15) is 4.79 Å². The summed E-state index contributed by atoms with van der Waals surface area (Å²) in [6, 6.07) is 15.5. The number of ketones is 1. The van der Waals surface area contributed by atoms with Gasteiger partial charge >= 0.3 is 0 Å². The fraction of sp³-hybridized carbons (Fsp3) is 0.545. The predicted octanol–water partition coefficient (Wildman–Crippen LogP) is 7.54. The number of nitrogens with zero attached hydrogens (tertiary/aromatic N) is 1. The first-order valence-electron chi connectivity index (χ1n) is 14.5. The smallest absolute Gasteiger partial charge is 0.134 e. The van der Waals surface area contributed by atoms with E-state index in [4.69, 9.17) is 10.5 Å². The molecule has 0 bridgehead atoms. The SMILES string of the molecule is COc1cc(C)cc(C(CC(=O)CC2CCC(N)CC2)c2cn(CC3CCCCC3)c3ccccc23)c1. The van der Waals surface area contributed by atoms with Gasteiger partial charge in [0, 0.05) is 48.4 Å². The molecule has 2 aliphatic rings. The van der Waals surface area contributed by atoms with E-state index in [1.165, 1.54) is 59.7 Å². The van der Waals surface area contributed by atoms with Gasteiger partial charge in [-0.05, 0) is 92.2 Å². The highest BCUT2D eigenvalue weighted by atomic mass is 16.5. The minimum atomic E-state index is 0.0182. The molecule has 1 aromatic heterocycles. The van der Waals surface area contributed by atoms with Gasteiger partial charge in [-0.15, -0.1) is 0 Å². The van der Waals surface area contributed by atoms with Crippen molar-refractivity contribution in [1.29, 1.82) is 0 Å². The molecule has 5 rings (SSSR count). The minimum absolute atomic E-state index is 0.0182. The van der Waals surface area contributed by atoms with Gasteiger partial charge < -0.3 is 15.0 Å². The van der Waals surface area contributed by atoms with E-state index in [1.807, 2.05) is 0 Å². The van der Waals surface area contributed by atoms with Gasteiger partial charge in [-0.1, -0.05) is 43.5 Å². The number of methoxy groups -OCH3 is 1. The van der Waals surface area contributed by atoms with Gasteiger partial charge in [0.05, 0.1) is 7.11 Å². The zero-order chi connectivity index (χ0) is 25.8. The van der Waals surface area contributed by atoms with Crippen LogP contribution in [-0.2, 0) is 11.3 Å². The number of aryl methyl sites for hydroxylation is 1. The fourth-order valence-electron chi connectivity index (χ4n) is 6.88. The van der Waals surface area contributed by atoms with Crippen molar-refractivity contribution in [3.63, 3.8) is 0 Å². The molecule has 0 spiro atoms. The van der Waals surface area contributed by atoms with Crippen molar-refractivity contribution in [3.8, 4) is 5.75 Å². The van der Waals surface area contributed by atoms with Crippen LogP contribution in [0.4, 0.5) is 0 Å². The molecule has 2 aliphatic carbocycles. The highest BCUT2D eigenvalue weighted by molar-refractivity contribution is 5.87.